The third-order valence-corrected chi connectivity index (χ3v) is 5.96. The fourth-order valence-electron chi connectivity index (χ4n) is 3.85. The molecule has 1 aromatic heterocycles. The molecule has 3 atom stereocenters. The molecular formula is C15H25N3S. The van der Waals surface area contributed by atoms with Crippen LogP contribution >= 0.6 is 11.3 Å². The largest absolute Gasteiger partial charge is 0.312 e. The Kier molecular flexibility index (Phi) is 3.92. The van der Waals surface area contributed by atoms with Gasteiger partial charge in [-0.2, -0.15) is 0 Å². The molecule has 3 nitrogen and oxygen atoms in total. The number of hydrogen-bond acceptors (Lipinski definition) is 4. The lowest BCUT2D eigenvalue weighted by Crippen LogP contribution is -2.44. The molecule has 3 unspecified atom stereocenters. The van der Waals surface area contributed by atoms with E-state index < -0.39 is 0 Å². The van der Waals surface area contributed by atoms with E-state index in [1.165, 1.54) is 54.4 Å². The molecule has 0 radical (unpaired) electrons. The molecule has 1 aromatic rings. The first-order valence-electron chi connectivity index (χ1n) is 7.60. The number of aryl methyl sites for hydroxylation is 2. The molecule has 19 heavy (non-hydrogen) atoms. The molecule has 2 aliphatic rings. The van der Waals surface area contributed by atoms with Gasteiger partial charge in [0, 0.05) is 23.0 Å². The second-order valence-corrected chi connectivity index (χ2v) is 7.24. The van der Waals surface area contributed by atoms with Crippen LogP contribution in [0.25, 0.3) is 0 Å². The van der Waals surface area contributed by atoms with Gasteiger partial charge >= 0.3 is 0 Å². The first-order chi connectivity index (χ1) is 9.16. The van der Waals surface area contributed by atoms with Crippen molar-refractivity contribution in [3.05, 3.63) is 15.6 Å². The minimum absolute atomic E-state index is 0.529. The van der Waals surface area contributed by atoms with Gasteiger partial charge in [0.05, 0.1) is 10.7 Å². The Hall–Kier alpha value is -0.450. The van der Waals surface area contributed by atoms with Crippen molar-refractivity contribution in [1.82, 2.24) is 15.2 Å². The van der Waals surface area contributed by atoms with E-state index in [0.29, 0.717) is 6.04 Å². The molecule has 3 heterocycles. The maximum Gasteiger partial charge on any atom is 0.0900 e. The maximum atomic E-state index is 4.60. The van der Waals surface area contributed by atoms with E-state index in [1.54, 1.807) is 0 Å². The summed E-state index contributed by atoms with van der Waals surface area (Å²) in [6.07, 6.45) is 5.42. The standard InChI is InChI=1S/C15H25N3S/c1-10-15(19-12(3)17-10)11(2)18-9-5-7-14(18)13-6-4-8-16-13/h11,13-14,16H,4-9H2,1-3H3. The highest BCUT2D eigenvalue weighted by molar-refractivity contribution is 7.11. The van der Waals surface area contributed by atoms with Crippen molar-refractivity contribution in [3.8, 4) is 0 Å². The van der Waals surface area contributed by atoms with Gasteiger partial charge in [-0.05, 0) is 59.5 Å². The Morgan fingerprint density at radius 3 is 2.79 bits per heavy atom. The summed E-state index contributed by atoms with van der Waals surface area (Å²) < 4.78 is 0. The number of likely N-dealkylation sites (tertiary alicyclic amines) is 1. The summed E-state index contributed by atoms with van der Waals surface area (Å²) in [4.78, 5) is 8.80. The molecule has 2 aliphatic heterocycles. The van der Waals surface area contributed by atoms with Gasteiger partial charge in [-0.3, -0.25) is 4.90 Å². The highest BCUT2D eigenvalue weighted by Gasteiger charge is 2.36. The van der Waals surface area contributed by atoms with Crippen molar-refractivity contribution < 1.29 is 0 Å². The molecule has 2 saturated heterocycles. The minimum Gasteiger partial charge on any atom is -0.312 e. The lowest BCUT2D eigenvalue weighted by Gasteiger charge is -2.34. The van der Waals surface area contributed by atoms with Crippen LogP contribution in [0.3, 0.4) is 0 Å². The van der Waals surface area contributed by atoms with Crippen molar-refractivity contribution in [1.29, 1.82) is 0 Å². The van der Waals surface area contributed by atoms with Crippen LogP contribution in [0, 0.1) is 13.8 Å². The maximum absolute atomic E-state index is 4.60. The van der Waals surface area contributed by atoms with Gasteiger partial charge in [-0.1, -0.05) is 0 Å². The van der Waals surface area contributed by atoms with Crippen molar-refractivity contribution in [2.24, 2.45) is 0 Å². The van der Waals surface area contributed by atoms with Crippen LogP contribution in [0.2, 0.25) is 0 Å². The van der Waals surface area contributed by atoms with E-state index in [-0.39, 0.29) is 0 Å². The molecule has 0 aromatic carbocycles. The Labute approximate surface area is 120 Å². The smallest absolute Gasteiger partial charge is 0.0900 e. The van der Waals surface area contributed by atoms with Crippen LogP contribution in [-0.4, -0.2) is 35.1 Å². The van der Waals surface area contributed by atoms with Crippen LogP contribution < -0.4 is 5.32 Å². The van der Waals surface area contributed by atoms with Gasteiger partial charge in [0.25, 0.3) is 0 Å². The van der Waals surface area contributed by atoms with Gasteiger partial charge in [0.15, 0.2) is 0 Å². The van der Waals surface area contributed by atoms with Gasteiger partial charge in [0.1, 0.15) is 0 Å². The molecule has 0 aliphatic carbocycles. The molecule has 0 saturated carbocycles. The average Bonchev–Trinajstić information content (AvgIpc) is 3.06. The van der Waals surface area contributed by atoms with E-state index >= 15 is 0 Å². The highest BCUT2D eigenvalue weighted by Crippen LogP contribution is 2.36. The van der Waals surface area contributed by atoms with Crippen LogP contribution in [0.4, 0.5) is 0 Å². The lowest BCUT2D eigenvalue weighted by atomic mass is 10.0. The third kappa shape index (κ3) is 2.58. The molecule has 0 bridgehead atoms. The summed E-state index contributed by atoms with van der Waals surface area (Å²) in [5, 5.41) is 4.90. The van der Waals surface area contributed by atoms with Crippen molar-refractivity contribution >= 4 is 11.3 Å². The van der Waals surface area contributed by atoms with Crippen LogP contribution in [0.15, 0.2) is 0 Å². The molecule has 4 heteroatoms. The minimum atomic E-state index is 0.529. The van der Waals surface area contributed by atoms with Crippen molar-refractivity contribution in [2.75, 3.05) is 13.1 Å². The monoisotopic (exact) mass is 279 g/mol. The Bertz CT molecular complexity index is 437. The zero-order valence-corrected chi connectivity index (χ0v) is 13.1. The van der Waals surface area contributed by atoms with Gasteiger partial charge < -0.3 is 5.32 Å². The van der Waals surface area contributed by atoms with Gasteiger partial charge in [-0.25, -0.2) is 4.98 Å². The zero-order valence-electron chi connectivity index (χ0n) is 12.3. The number of thiazole rings is 1. The second kappa shape index (κ2) is 5.51. The topological polar surface area (TPSA) is 28.2 Å². The lowest BCUT2D eigenvalue weighted by molar-refractivity contribution is 0.165. The van der Waals surface area contributed by atoms with Crippen LogP contribution in [0.1, 0.15) is 54.2 Å². The average molecular weight is 279 g/mol. The third-order valence-electron chi connectivity index (χ3n) is 4.72. The van der Waals surface area contributed by atoms with Crippen LogP contribution in [0.5, 0.6) is 0 Å². The zero-order chi connectivity index (χ0) is 13.4. The predicted octanol–water partition coefficient (Wildman–Crippen LogP) is 3.04. The molecule has 1 N–H and O–H groups in total. The van der Waals surface area contributed by atoms with Crippen molar-refractivity contribution in [2.45, 2.75) is 64.6 Å². The summed E-state index contributed by atoms with van der Waals surface area (Å²) in [5.41, 5.74) is 1.24. The Balaban J connectivity index is 1.78. The molecular weight excluding hydrogens is 254 g/mol. The molecule has 3 rings (SSSR count). The number of aromatic nitrogens is 1. The molecule has 106 valence electrons. The highest BCUT2D eigenvalue weighted by atomic mass is 32.1. The van der Waals surface area contributed by atoms with E-state index in [0.717, 1.165) is 12.1 Å². The van der Waals surface area contributed by atoms with Gasteiger partial charge in [-0.15, -0.1) is 11.3 Å². The Morgan fingerprint density at radius 1 is 1.32 bits per heavy atom. The van der Waals surface area contributed by atoms with Gasteiger partial charge in [0.2, 0.25) is 0 Å². The van der Waals surface area contributed by atoms with E-state index in [2.05, 4.69) is 36.0 Å². The Morgan fingerprint density at radius 2 is 2.16 bits per heavy atom. The molecule has 2 fully saturated rings. The van der Waals surface area contributed by atoms with Crippen molar-refractivity contribution in [3.63, 3.8) is 0 Å². The van der Waals surface area contributed by atoms with E-state index in [9.17, 15) is 0 Å². The normalized spacial score (nSPS) is 30.1. The molecule has 0 amide bonds. The summed E-state index contributed by atoms with van der Waals surface area (Å²) in [6, 6.07) is 1.99. The number of nitrogens with zero attached hydrogens (tertiary/aromatic N) is 2. The summed E-state index contributed by atoms with van der Waals surface area (Å²) in [6.45, 7) is 9.11. The first kappa shape index (κ1) is 13.5. The molecule has 0 spiro atoms. The number of hydrogen-bond donors (Lipinski definition) is 1. The second-order valence-electron chi connectivity index (χ2n) is 6.01. The number of nitrogens with one attached hydrogen (secondary N) is 1. The first-order valence-corrected chi connectivity index (χ1v) is 8.41. The van der Waals surface area contributed by atoms with E-state index in [1.807, 2.05) is 11.3 Å². The fourth-order valence-corrected chi connectivity index (χ4v) is 4.85. The van der Waals surface area contributed by atoms with E-state index in [4.69, 9.17) is 0 Å². The fraction of sp³-hybridized carbons (Fsp3) is 0.800. The van der Waals surface area contributed by atoms with Crippen LogP contribution in [-0.2, 0) is 0 Å². The summed E-state index contributed by atoms with van der Waals surface area (Å²) >= 11 is 1.88. The summed E-state index contributed by atoms with van der Waals surface area (Å²) in [5.74, 6) is 0. The predicted molar refractivity (Wildman–Crippen MR) is 80.8 cm³/mol. The quantitative estimate of drug-likeness (QED) is 0.922. The SMILES string of the molecule is Cc1nc(C)c(C(C)N2CCCC2C2CCCN2)s1. The number of rotatable bonds is 3. The summed E-state index contributed by atoms with van der Waals surface area (Å²) in [7, 11) is 0.